The lowest BCUT2D eigenvalue weighted by Gasteiger charge is -2.32. The fourth-order valence-corrected chi connectivity index (χ4v) is 2.81. The number of halogens is 2. The topological polar surface area (TPSA) is 98.7 Å². The Morgan fingerprint density at radius 2 is 1.59 bits per heavy atom. The molecule has 0 heterocycles. The molecular formula is C21H24F2N2O4. The van der Waals surface area contributed by atoms with Gasteiger partial charge in [0.2, 0.25) is 11.8 Å². The van der Waals surface area contributed by atoms with Crippen LogP contribution in [0.25, 0.3) is 11.1 Å². The van der Waals surface area contributed by atoms with Gasteiger partial charge in [-0.1, -0.05) is 54.6 Å². The number of amides is 2. The van der Waals surface area contributed by atoms with E-state index in [2.05, 4.69) is 5.32 Å². The summed E-state index contributed by atoms with van der Waals surface area (Å²) < 4.78 is 26.2. The van der Waals surface area contributed by atoms with Crippen LogP contribution in [0.2, 0.25) is 0 Å². The number of rotatable bonds is 9. The summed E-state index contributed by atoms with van der Waals surface area (Å²) in [4.78, 5) is 23.5. The molecule has 2 aromatic carbocycles. The summed E-state index contributed by atoms with van der Waals surface area (Å²) >= 11 is 0. The highest BCUT2D eigenvalue weighted by molar-refractivity contribution is 5.79. The van der Waals surface area contributed by atoms with Crippen LogP contribution in [0.1, 0.15) is 25.3 Å². The number of aryl methyl sites for hydroxylation is 1. The number of hydroxylamine groups is 1. The van der Waals surface area contributed by atoms with E-state index in [1.165, 1.54) is 5.48 Å². The van der Waals surface area contributed by atoms with Crippen molar-refractivity contribution in [2.45, 2.75) is 44.3 Å². The normalized spacial score (nSPS) is 14.1. The van der Waals surface area contributed by atoms with Crippen molar-refractivity contribution in [1.29, 1.82) is 0 Å². The highest BCUT2D eigenvalue weighted by atomic mass is 19.3. The second kappa shape index (κ2) is 10.1. The molecule has 0 saturated heterocycles. The number of hydrogen-bond donors (Lipinski definition) is 4. The largest absolute Gasteiger partial charge is 0.382 e. The smallest absolute Gasteiger partial charge is 0.268 e. The van der Waals surface area contributed by atoms with Crippen LogP contribution in [0.3, 0.4) is 0 Å². The molecule has 2 rings (SSSR count). The summed E-state index contributed by atoms with van der Waals surface area (Å²) in [6, 6.07) is 15.8. The van der Waals surface area contributed by atoms with Gasteiger partial charge in [0.15, 0.2) is 0 Å². The van der Waals surface area contributed by atoms with E-state index in [0.29, 0.717) is 6.42 Å². The molecule has 6 nitrogen and oxygen atoms in total. The van der Waals surface area contributed by atoms with Crippen LogP contribution in [0.4, 0.5) is 8.78 Å². The molecule has 29 heavy (non-hydrogen) atoms. The summed E-state index contributed by atoms with van der Waals surface area (Å²) in [5.41, 5.74) is 1.66. The van der Waals surface area contributed by atoms with Crippen molar-refractivity contribution >= 4 is 11.8 Å². The average Bonchev–Trinajstić information content (AvgIpc) is 2.72. The van der Waals surface area contributed by atoms with Gasteiger partial charge >= 0.3 is 0 Å². The quantitative estimate of drug-likeness (QED) is 0.380. The Morgan fingerprint density at radius 1 is 1.00 bits per heavy atom. The molecule has 2 unspecified atom stereocenters. The van der Waals surface area contributed by atoms with Crippen molar-refractivity contribution < 1.29 is 28.7 Å². The Bertz CT molecular complexity index is 811. The Kier molecular flexibility index (Phi) is 7.81. The minimum atomic E-state index is -3.19. The maximum Gasteiger partial charge on any atom is 0.268 e. The molecule has 2 aromatic rings. The summed E-state index contributed by atoms with van der Waals surface area (Å²) in [6.45, 7) is 0.829. The van der Waals surface area contributed by atoms with Crippen LogP contribution in [-0.4, -0.2) is 40.2 Å². The number of benzene rings is 2. The molecule has 0 radical (unpaired) electrons. The van der Waals surface area contributed by atoms with E-state index in [-0.39, 0.29) is 6.42 Å². The molecule has 0 aromatic heterocycles. The maximum absolute atomic E-state index is 13.1. The summed E-state index contributed by atoms with van der Waals surface area (Å²) in [5, 5.41) is 20.8. The molecule has 0 aliphatic rings. The van der Waals surface area contributed by atoms with Gasteiger partial charge in [0.1, 0.15) is 5.60 Å². The molecular weight excluding hydrogens is 382 g/mol. The first-order valence-electron chi connectivity index (χ1n) is 9.11. The van der Waals surface area contributed by atoms with Crippen LogP contribution < -0.4 is 10.8 Å². The SMILES string of the molecule is CC(O)(C(F)F)C(CC(=O)NO)NC(=O)CCc1ccc(-c2ccccc2)cc1. The third-order valence-electron chi connectivity index (χ3n) is 4.70. The van der Waals surface area contributed by atoms with E-state index in [0.717, 1.165) is 23.6 Å². The van der Waals surface area contributed by atoms with E-state index in [4.69, 9.17) is 5.21 Å². The monoisotopic (exact) mass is 406 g/mol. The zero-order valence-corrected chi connectivity index (χ0v) is 15.9. The molecule has 2 atom stereocenters. The zero-order chi connectivity index (χ0) is 21.4. The van der Waals surface area contributed by atoms with Gasteiger partial charge in [-0.2, -0.15) is 0 Å². The molecule has 8 heteroatoms. The van der Waals surface area contributed by atoms with Gasteiger partial charge in [-0.15, -0.1) is 0 Å². The van der Waals surface area contributed by atoms with E-state index in [1.54, 1.807) is 0 Å². The van der Waals surface area contributed by atoms with E-state index in [1.807, 2.05) is 54.6 Å². The van der Waals surface area contributed by atoms with Crippen molar-refractivity contribution in [2.24, 2.45) is 0 Å². The summed E-state index contributed by atoms with van der Waals surface area (Å²) in [5.74, 6) is -1.58. The third kappa shape index (κ3) is 6.33. The first-order chi connectivity index (χ1) is 13.7. The highest BCUT2D eigenvalue weighted by Crippen LogP contribution is 2.23. The number of carbonyl (C=O) groups excluding carboxylic acids is 2. The van der Waals surface area contributed by atoms with Crippen LogP contribution in [0, 0.1) is 0 Å². The molecule has 156 valence electrons. The lowest BCUT2D eigenvalue weighted by atomic mass is 9.93. The van der Waals surface area contributed by atoms with Gasteiger partial charge in [-0.3, -0.25) is 14.8 Å². The predicted molar refractivity (Wildman–Crippen MR) is 103 cm³/mol. The molecule has 0 aliphatic carbocycles. The minimum Gasteiger partial charge on any atom is -0.382 e. The lowest BCUT2D eigenvalue weighted by molar-refractivity contribution is -0.140. The van der Waals surface area contributed by atoms with Crippen molar-refractivity contribution in [2.75, 3.05) is 0 Å². The predicted octanol–water partition coefficient (Wildman–Crippen LogP) is 2.68. The first-order valence-corrected chi connectivity index (χ1v) is 9.11. The molecule has 4 N–H and O–H groups in total. The van der Waals surface area contributed by atoms with Gasteiger partial charge in [0, 0.05) is 6.42 Å². The zero-order valence-electron chi connectivity index (χ0n) is 15.9. The highest BCUT2D eigenvalue weighted by Gasteiger charge is 2.42. The Labute approximate surface area is 167 Å². The van der Waals surface area contributed by atoms with Crippen LogP contribution >= 0.6 is 0 Å². The Balaban J connectivity index is 1.97. The number of alkyl halides is 2. The van der Waals surface area contributed by atoms with Gasteiger partial charge < -0.3 is 10.4 Å². The van der Waals surface area contributed by atoms with E-state index in [9.17, 15) is 23.5 Å². The van der Waals surface area contributed by atoms with Crippen molar-refractivity contribution in [3.05, 3.63) is 60.2 Å². The average molecular weight is 406 g/mol. The van der Waals surface area contributed by atoms with Crippen LogP contribution in [0.15, 0.2) is 54.6 Å². The number of carbonyl (C=O) groups is 2. The fourth-order valence-electron chi connectivity index (χ4n) is 2.81. The standard InChI is InChI=1S/C21H24F2N2O4/c1-21(28,20(22)23)17(13-19(27)25-29)24-18(26)12-9-14-7-10-16(11-8-14)15-5-3-2-4-6-15/h2-8,10-11,17,20,28-29H,9,12-13H2,1H3,(H,24,26)(H,25,27). The summed E-state index contributed by atoms with van der Waals surface area (Å²) in [6.07, 6.45) is -3.53. The van der Waals surface area contributed by atoms with Crippen molar-refractivity contribution in [3.63, 3.8) is 0 Å². The first kappa shape index (κ1) is 22.4. The van der Waals surface area contributed by atoms with Gasteiger partial charge in [0.25, 0.3) is 6.43 Å². The van der Waals surface area contributed by atoms with Crippen LogP contribution in [-0.2, 0) is 16.0 Å². The van der Waals surface area contributed by atoms with Crippen molar-refractivity contribution in [3.8, 4) is 11.1 Å². The number of aliphatic hydroxyl groups is 1. The minimum absolute atomic E-state index is 0.0127. The second-order valence-electron chi connectivity index (χ2n) is 6.95. The second-order valence-corrected chi connectivity index (χ2v) is 6.95. The third-order valence-corrected chi connectivity index (χ3v) is 4.70. The van der Waals surface area contributed by atoms with Gasteiger partial charge in [-0.25, -0.2) is 14.3 Å². The van der Waals surface area contributed by atoms with Gasteiger partial charge in [0.05, 0.1) is 12.5 Å². The molecule has 0 aliphatic heterocycles. The molecule has 0 bridgehead atoms. The molecule has 0 saturated carbocycles. The molecule has 2 amide bonds. The van der Waals surface area contributed by atoms with Crippen molar-refractivity contribution in [1.82, 2.24) is 10.8 Å². The van der Waals surface area contributed by atoms with Gasteiger partial charge in [-0.05, 0) is 30.0 Å². The molecule has 0 spiro atoms. The Hall–Kier alpha value is -2.84. The lowest BCUT2D eigenvalue weighted by Crippen LogP contribution is -2.56. The van der Waals surface area contributed by atoms with Crippen LogP contribution in [0.5, 0.6) is 0 Å². The molecule has 0 fully saturated rings. The number of nitrogens with one attached hydrogen (secondary N) is 2. The van der Waals surface area contributed by atoms with E-state index < -0.39 is 36.3 Å². The van der Waals surface area contributed by atoms with E-state index >= 15 is 0 Å². The number of hydrogen-bond acceptors (Lipinski definition) is 4. The Morgan fingerprint density at radius 3 is 2.14 bits per heavy atom. The fraction of sp³-hybridized carbons (Fsp3) is 0.333. The maximum atomic E-state index is 13.1. The summed E-state index contributed by atoms with van der Waals surface area (Å²) in [7, 11) is 0.